The number of methoxy groups -OCH3 is 1. The first-order valence-electron chi connectivity index (χ1n) is 10.5. The van der Waals surface area contributed by atoms with Gasteiger partial charge in [-0.05, 0) is 48.9 Å². The van der Waals surface area contributed by atoms with Crippen LogP contribution in [-0.4, -0.2) is 40.1 Å². The zero-order valence-corrected chi connectivity index (χ0v) is 18.9. The number of likely N-dealkylation sites (N-methyl/N-ethyl adjacent to an activating group) is 1. The molecule has 33 heavy (non-hydrogen) atoms. The summed E-state index contributed by atoms with van der Waals surface area (Å²) in [5, 5.41) is 4.00. The van der Waals surface area contributed by atoms with Gasteiger partial charge in [0.05, 0.1) is 24.5 Å². The van der Waals surface area contributed by atoms with Crippen LogP contribution in [0.25, 0.3) is 16.7 Å². The molecule has 3 heterocycles. The standard InChI is InChI=1S/C24H22ClF2N5O/c1-31-8-6-14-11-21(33-2)19(10-15(14)13-31)29-24-28-12-18(25)23(30-24)32-9-7-16-17(22(26)27)4-3-5-20(16)32/h3-5,7,9-12,22H,6,8,13H2,1-2H3,(H,28,29,30). The Labute approximate surface area is 194 Å². The minimum atomic E-state index is -2.57. The Balaban J connectivity index is 1.54. The Morgan fingerprint density at radius 1 is 1.18 bits per heavy atom. The number of ether oxygens (including phenoxy) is 1. The molecule has 2 aromatic carbocycles. The summed E-state index contributed by atoms with van der Waals surface area (Å²) in [7, 11) is 3.72. The number of hydrogen-bond acceptors (Lipinski definition) is 5. The van der Waals surface area contributed by atoms with Crippen LogP contribution in [0.5, 0.6) is 5.75 Å². The van der Waals surface area contributed by atoms with Gasteiger partial charge in [0.25, 0.3) is 6.43 Å². The summed E-state index contributed by atoms with van der Waals surface area (Å²) in [6, 6.07) is 10.5. The Hall–Kier alpha value is -3.23. The molecule has 0 atom stereocenters. The lowest BCUT2D eigenvalue weighted by atomic mass is 9.99. The third-order valence-corrected chi connectivity index (χ3v) is 6.19. The second-order valence-corrected chi connectivity index (χ2v) is 8.47. The second kappa shape index (κ2) is 8.61. The van der Waals surface area contributed by atoms with Crippen LogP contribution in [0.15, 0.2) is 48.8 Å². The number of fused-ring (bicyclic) bond motifs is 2. The third kappa shape index (κ3) is 4.00. The highest BCUT2D eigenvalue weighted by molar-refractivity contribution is 6.32. The molecular weight excluding hydrogens is 448 g/mol. The molecule has 0 unspecified atom stereocenters. The number of aromatic nitrogens is 3. The van der Waals surface area contributed by atoms with Crippen molar-refractivity contribution < 1.29 is 13.5 Å². The topological polar surface area (TPSA) is 55.2 Å². The summed E-state index contributed by atoms with van der Waals surface area (Å²) in [5.41, 5.74) is 3.79. The Morgan fingerprint density at radius 3 is 2.82 bits per heavy atom. The number of rotatable bonds is 5. The predicted octanol–water partition coefficient (Wildman–Crippen LogP) is 5.75. The van der Waals surface area contributed by atoms with Crippen LogP contribution in [0, 0.1) is 0 Å². The monoisotopic (exact) mass is 469 g/mol. The minimum absolute atomic E-state index is 0.0291. The number of anilines is 2. The zero-order valence-electron chi connectivity index (χ0n) is 18.1. The summed E-state index contributed by atoms with van der Waals surface area (Å²) in [6.07, 6.45) is 1.57. The lowest BCUT2D eigenvalue weighted by Crippen LogP contribution is -2.26. The van der Waals surface area contributed by atoms with E-state index in [0.717, 1.165) is 25.2 Å². The molecule has 4 aromatic rings. The van der Waals surface area contributed by atoms with Crippen molar-refractivity contribution in [1.29, 1.82) is 0 Å². The first-order chi connectivity index (χ1) is 15.9. The van der Waals surface area contributed by atoms with Gasteiger partial charge < -0.3 is 15.0 Å². The lowest BCUT2D eigenvalue weighted by Gasteiger charge is -2.26. The summed E-state index contributed by atoms with van der Waals surface area (Å²) < 4.78 is 34.1. The van der Waals surface area contributed by atoms with Gasteiger partial charge in [0, 0.05) is 30.2 Å². The maximum atomic E-state index is 13.4. The second-order valence-electron chi connectivity index (χ2n) is 8.07. The van der Waals surface area contributed by atoms with Crippen LogP contribution in [0.1, 0.15) is 23.1 Å². The van der Waals surface area contributed by atoms with Crippen molar-refractivity contribution in [2.75, 3.05) is 26.0 Å². The fourth-order valence-electron chi connectivity index (χ4n) is 4.27. The lowest BCUT2D eigenvalue weighted by molar-refractivity contribution is 0.153. The van der Waals surface area contributed by atoms with Crippen molar-refractivity contribution in [2.45, 2.75) is 19.4 Å². The first kappa shape index (κ1) is 21.6. The maximum absolute atomic E-state index is 13.4. The van der Waals surface area contributed by atoms with Crippen molar-refractivity contribution in [3.63, 3.8) is 0 Å². The molecule has 6 nitrogen and oxygen atoms in total. The highest BCUT2D eigenvalue weighted by Gasteiger charge is 2.19. The quantitative estimate of drug-likeness (QED) is 0.403. The molecule has 0 aliphatic carbocycles. The molecule has 1 N–H and O–H groups in total. The van der Waals surface area contributed by atoms with E-state index in [1.807, 2.05) is 6.07 Å². The molecule has 0 fully saturated rings. The third-order valence-electron chi connectivity index (χ3n) is 5.93. The smallest absolute Gasteiger partial charge is 0.264 e. The normalized spacial score (nSPS) is 14.0. The highest BCUT2D eigenvalue weighted by Crippen LogP contribution is 2.34. The molecule has 0 radical (unpaired) electrons. The summed E-state index contributed by atoms with van der Waals surface area (Å²) in [5.74, 6) is 1.42. The number of alkyl halides is 2. The Bertz CT molecular complexity index is 1340. The Kier molecular flexibility index (Phi) is 5.64. The fourth-order valence-corrected chi connectivity index (χ4v) is 4.45. The highest BCUT2D eigenvalue weighted by atomic mass is 35.5. The van der Waals surface area contributed by atoms with Gasteiger partial charge in [-0.2, -0.15) is 4.98 Å². The molecule has 2 aromatic heterocycles. The number of nitrogens with one attached hydrogen (secondary N) is 1. The van der Waals surface area contributed by atoms with Gasteiger partial charge in [-0.15, -0.1) is 0 Å². The van der Waals surface area contributed by atoms with Crippen molar-refractivity contribution in [1.82, 2.24) is 19.4 Å². The van der Waals surface area contributed by atoms with E-state index in [0.29, 0.717) is 33.4 Å². The Morgan fingerprint density at radius 2 is 2.03 bits per heavy atom. The SMILES string of the molecule is COc1cc2c(cc1Nc1ncc(Cl)c(-n3ccc4c(C(F)F)cccc43)n1)CN(C)CC2. The van der Waals surface area contributed by atoms with E-state index in [-0.39, 0.29) is 5.56 Å². The van der Waals surface area contributed by atoms with Crippen LogP contribution in [0.2, 0.25) is 5.02 Å². The largest absolute Gasteiger partial charge is 0.495 e. The van der Waals surface area contributed by atoms with Crippen molar-refractivity contribution >= 4 is 34.1 Å². The van der Waals surface area contributed by atoms with Gasteiger partial charge >= 0.3 is 0 Å². The van der Waals surface area contributed by atoms with E-state index in [1.165, 1.54) is 23.4 Å². The zero-order chi connectivity index (χ0) is 23.1. The maximum Gasteiger partial charge on any atom is 0.264 e. The van der Waals surface area contributed by atoms with E-state index in [2.05, 4.69) is 33.3 Å². The predicted molar refractivity (Wildman–Crippen MR) is 125 cm³/mol. The van der Waals surface area contributed by atoms with E-state index in [4.69, 9.17) is 16.3 Å². The molecule has 5 rings (SSSR count). The number of benzene rings is 2. The summed E-state index contributed by atoms with van der Waals surface area (Å²) in [4.78, 5) is 11.2. The van der Waals surface area contributed by atoms with E-state index >= 15 is 0 Å². The van der Waals surface area contributed by atoms with Crippen LogP contribution in [0.4, 0.5) is 20.4 Å². The molecule has 0 saturated heterocycles. The van der Waals surface area contributed by atoms with Crippen LogP contribution in [-0.2, 0) is 13.0 Å². The molecule has 0 saturated carbocycles. The van der Waals surface area contributed by atoms with Crippen molar-refractivity contribution in [3.05, 3.63) is 70.5 Å². The average molecular weight is 470 g/mol. The van der Waals surface area contributed by atoms with Crippen molar-refractivity contribution in [3.8, 4) is 11.6 Å². The van der Waals surface area contributed by atoms with E-state index < -0.39 is 6.43 Å². The number of halogens is 3. The van der Waals surface area contributed by atoms with Gasteiger partial charge in [-0.1, -0.05) is 23.7 Å². The van der Waals surface area contributed by atoms with Crippen LogP contribution in [0.3, 0.4) is 0 Å². The molecule has 0 amide bonds. The number of nitrogens with zero attached hydrogens (tertiary/aromatic N) is 4. The summed E-state index contributed by atoms with van der Waals surface area (Å²) in [6.45, 7) is 1.85. The van der Waals surface area contributed by atoms with Gasteiger partial charge in [-0.3, -0.25) is 4.57 Å². The molecule has 9 heteroatoms. The van der Waals surface area contributed by atoms with Gasteiger partial charge in [0.2, 0.25) is 5.95 Å². The van der Waals surface area contributed by atoms with Gasteiger partial charge in [0.15, 0.2) is 5.82 Å². The molecule has 0 bridgehead atoms. The average Bonchev–Trinajstić information content (AvgIpc) is 3.23. The molecule has 170 valence electrons. The fraction of sp³-hybridized carbons (Fsp3) is 0.250. The van der Waals surface area contributed by atoms with Crippen LogP contribution < -0.4 is 10.1 Å². The van der Waals surface area contributed by atoms with E-state index in [1.54, 1.807) is 36.1 Å². The minimum Gasteiger partial charge on any atom is -0.495 e. The van der Waals surface area contributed by atoms with Crippen LogP contribution >= 0.6 is 11.6 Å². The van der Waals surface area contributed by atoms with Crippen molar-refractivity contribution in [2.24, 2.45) is 0 Å². The number of hydrogen-bond donors (Lipinski definition) is 1. The molecule has 1 aliphatic rings. The molecule has 1 aliphatic heterocycles. The first-order valence-corrected chi connectivity index (χ1v) is 10.9. The van der Waals surface area contributed by atoms with Gasteiger partial charge in [-0.25, -0.2) is 13.8 Å². The summed E-state index contributed by atoms with van der Waals surface area (Å²) >= 11 is 6.41. The van der Waals surface area contributed by atoms with E-state index in [9.17, 15) is 8.78 Å². The molecular formula is C24H22ClF2N5O. The van der Waals surface area contributed by atoms with Gasteiger partial charge in [0.1, 0.15) is 10.8 Å². The molecule has 0 spiro atoms.